The molecule has 0 unspecified atom stereocenters. The molecule has 0 fully saturated rings. The molecule has 0 radical (unpaired) electrons. The van der Waals surface area contributed by atoms with Gasteiger partial charge in [0, 0.05) is 5.56 Å². The van der Waals surface area contributed by atoms with Crippen LogP contribution in [0.1, 0.15) is 5.56 Å². The van der Waals surface area contributed by atoms with Crippen LogP contribution < -0.4 is 0 Å². The molecule has 1 rings (SSSR count). The van der Waals surface area contributed by atoms with E-state index < -0.39 is 5.82 Å². The molecule has 0 aliphatic heterocycles. The van der Waals surface area contributed by atoms with Crippen LogP contribution in [0, 0.1) is 22.6 Å². The van der Waals surface area contributed by atoms with E-state index in [4.69, 9.17) is 10.7 Å². The number of hydrogen-bond acceptors (Lipinski definition) is 2. The van der Waals surface area contributed by atoms with Crippen LogP contribution in [-0.2, 0) is 0 Å². The van der Waals surface area contributed by atoms with Gasteiger partial charge in [0.25, 0.3) is 0 Å². The molecule has 0 saturated heterocycles. The fourth-order valence-corrected chi connectivity index (χ4v) is 0.809. The smallest absolute Gasteiger partial charge is 0.123 e. The van der Waals surface area contributed by atoms with E-state index in [1.807, 2.05) is 5.87 Å². The Hall–Kier alpha value is -1.91. The summed E-state index contributed by atoms with van der Waals surface area (Å²) in [6.45, 7) is 0. The van der Waals surface area contributed by atoms with Gasteiger partial charge in [-0.15, -0.1) is 0 Å². The van der Waals surface area contributed by atoms with Crippen molar-refractivity contribution in [3.63, 3.8) is 0 Å². The molecule has 0 heterocycles. The van der Waals surface area contributed by atoms with Crippen molar-refractivity contribution in [2.24, 2.45) is 0 Å². The molecule has 0 saturated carbocycles. The number of benzene rings is 1. The molecule has 1 aromatic rings. The van der Waals surface area contributed by atoms with E-state index >= 15 is 0 Å². The predicted molar refractivity (Wildman–Crippen MR) is 43.1 cm³/mol. The zero-order chi connectivity index (χ0) is 8.97. The standard InChI is InChI=1S/C9H5FN2/c10-9-3-1-2-7(4-9)8(5-11)6-12/h1-4,11H. The van der Waals surface area contributed by atoms with Gasteiger partial charge in [-0.2, -0.15) is 5.26 Å². The molecule has 0 atom stereocenters. The lowest BCUT2D eigenvalue weighted by Gasteiger charge is -1.93. The molecule has 0 amide bonds. The molecule has 0 aliphatic rings. The van der Waals surface area contributed by atoms with E-state index in [1.165, 1.54) is 18.2 Å². The third kappa shape index (κ3) is 1.57. The van der Waals surface area contributed by atoms with Crippen molar-refractivity contribution in [1.29, 1.82) is 10.7 Å². The van der Waals surface area contributed by atoms with Crippen molar-refractivity contribution in [1.82, 2.24) is 0 Å². The molecule has 58 valence electrons. The molecule has 3 heteroatoms. The second-order valence-electron chi connectivity index (χ2n) is 2.12. The lowest BCUT2D eigenvalue weighted by Crippen LogP contribution is -1.82. The zero-order valence-corrected chi connectivity index (χ0v) is 6.13. The Labute approximate surface area is 69.1 Å². The number of hydrogen-bond donors (Lipinski definition) is 1. The highest BCUT2D eigenvalue weighted by molar-refractivity contribution is 5.96. The first-order valence-electron chi connectivity index (χ1n) is 3.23. The van der Waals surface area contributed by atoms with Crippen LogP contribution >= 0.6 is 0 Å². The number of halogens is 1. The first kappa shape index (κ1) is 8.19. The average molecular weight is 160 g/mol. The van der Waals surface area contributed by atoms with Crippen LogP contribution in [0.15, 0.2) is 24.3 Å². The average Bonchev–Trinajstić information content (AvgIpc) is 2.07. The van der Waals surface area contributed by atoms with Crippen molar-refractivity contribution in [3.05, 3.63) is 35.6 Å². The lowest BCUT2D eigenvalue weighted by molar-refractivity contribution is 0.627. The number of rotatable bonds is 1. The monoisotopic (exact) mass is 160 g/mol. The molecule has 0 aliphatic carbocycles. The SMILES string of the molecule is N#CC(=C=N)c1cccc(F)c1. The summed E-state index contributed by atoms with van der Waals surface area (Å²) in [5.41, 5.74) is 0.419. The normalized spacial score (nSPS) is 8.33. The molecule has 1 N–H and O–H groups in total. The second-order valence-corrected chi connectivity index (χ2v) is 2.12. The molecule has 0 bridgehead atoms. The fourth-order valence-electron chi connectivity index (χ4n) is 0.809. The largest absolute Gasteiger partial charge is 0.258 e. The van der Waals surface area contributed by atoms with Crippen molar-refractivity contribution in [2.75, 3.05) is 0 Å². The van der Waals surface area contributed by atoms with Crippen LogP contribution in [-0.4, -0.2) is 5.87 Å². The van der Waals surface area contributed by atoms with Crippen LogP contribution in [0.4, 0.5) is 4.39 Å². The van der Waals surface area contributed by atoms with Gasteiger partial charge in [-0.25, -0.2) is 4.39 Å². The number of allylic oxidation sites excluding steroid dienone is 1. The zero-order valence-electron chi connectivity index (χ0n) is 6.13. The van der Waals surface area contributed by atoms with Gasteiger partial charge >= 0.3 is 0 Å². The second kappa shape index (κ2) is 3.47. The maximum absolute atomic E-state index is 12.6. The van der Waals surface area contributed by atoms with Gasteiger partial charge in [0.15, 0.2) is 0 Å². The highest BCUT2D eigenvalue weighted by Crippen LogP contribution is 2.11. The summed E-state index contributed by atoms with van der Waals surface area (Å²) in [6, 6.07) is 7.27. The molecular weight excluding hydrogens is 155 g/mol. The first-order chi connectivity index (χ1) is 5.77. The van der Waals surface area contributed by atoms with Gasteiger partial charge in [-0.1, -0.05) is 12.1 Å². The Morgan fingerprint density at radius 1 is 1.50 bits per heavy atom. The van der Waals surface area contributed by atoms with Crippen LogP contribution in [0.3, 0.4) is 0 Å². The number of nitriles is 1. The summed E-state index contributed by atoms with van der Waals surface area (Å²) >= 11 is 0. The van der Waals surface area contributed by atoms with Gasteiger partial charge in [-0.05, 0) is 18.0 Å². The minimum Gasteiger partial charge on any atom is -0.258 e. The summed E-state index contributed by atoms with van der Waals surface area (Å²) < 4.78 is 12.6. The van der Waals surface area contributed by atoms with Gasteiger partial charge in [0.1, 0.15) is 17.5 Å². The van der Waals surface area contributed by atoms with Crippen molar-refractivity contribution in [2.45, 2.75) is 0 Å². The van der Waals surface area contributed by atoms with Gasteiger partial charge in [-0.3, -0.25) is 5.41 Å². The Morgan fingerprint density at radius 2 is 2.25 bits per heavy atom. The molecule has 12 heavy (non-hydrogen) atoms. The van der Waals surface area contributed by atoms with E-state index in [2.05, 4.69) is 0 Å². The maximum Gasteiger partial charge on any atom is 0.123 e. The molecule has 2 nitrogen and oxygen atoms in total. The van der Waals surface area contributed by atoms with Crippen molar-refractivity contribution >= 4 is 11.4 Å². The van der Waals surface area contributed by atoms with Gasteiger partial charge < -0.3 is 0 Å². The van der Waals surface area contributed by atoms with Crippen LogP contribution in [0.2, 0.25) is 0 Å². The minimum absolute atomic E-state index is 0.0366. The van der Waals surface area contributed by atoms with Gasteiger partial charge in [0.2, 0.25) is 0 Å². The minimum atomic E-state index is -0.421. The van der Waals surface area contributed by atoms with Crippen molar-refractivity contribution < 1.29 is 4.39 Å². The number of nitrogens with zero attached hydrogens (tertiary/aromatic N) is 1. The first-order valence-corrected chi connectivity index (χ1v) is 3.23. The fraction of sp³-hybridized carbons (Fsp3) is 0. The molecule has 1 aromatic carbocycles. The van der Waals surface area contributed by atoms with Crippen LogP contribution in [0.25, 0.3) is 5.57 Å². The highest BCUT2D eigenvalue weighted by Gasteiger charge is 1.99. The quantitative estimate of drug-likeness (QED) is 0.495. The van der Waals surface area contributed by atoms with E-state index in [-0.39, 0.29) is 5.57 Å². The summed E-state index contributed by atoms with van der Waals surface area (Å²) in [7, 11) is 0. The molecular formula is C9H5FN2. The van der Waals surface area contributed by atoms with Gasteiger partial charge in [0.05, 0.1) is 0 Å². The summed E-state index contributed by atoms with van der Waals surface area (Å²) in [5, 5.41) is 15.2. The Kier molecular flexibility index (Phi) is 2.37. The topological polar surface area (TPSA) is 47.6 Å². The van der Waals surface area contributed by atoms with E-state index in [1.54, 1.807) is 12.1 Å². The van der Waals surface area contributed by atoms with E-state index in [9.17, 15) is 4.39 Å². The summed E-state index contributed by atoms with van der Waals surface area (Å²) in [4.78, 5) is 0. The summed E-state index contributed by atoms with van der Waals surface area (Å²) in [5.74, 6) is 1.51. The molecule has 0 spiro atoms. The Balaban J connectivity index is 3.22. The Morgan fingerprint density at radius 3 is 2.75 bits per heavy atom. The third-order valence-corrected chi connectivity index (χ3v) is 1.35. The van der Waals surface area contributed by atoms with E-state index in [0.29, 0.717) is 5.56 Å². The third-order valence-electron chi connectivity index (χ3n) is 1.35. The number of nitrogens with one attached hydrogen (secondary N) is 1. The highest BCUT2D eigenvalue weighted by atomic mass is 19.1. The summed E-state index contributed by atoms with van der Waals surface area (Å²) in [6.07, 6.45) is 0. The van der Waals surface area contributed by atoms with Crippen LogP contribution in [0.5, 0.6) is 0 Å². The lowest BCUT2D eigenvalue weighted by atomic mass is 10.1. The molecule has 0 aromatic heterocycles. The predicted octanol–water partition coefficient (Wildman–Crippen LogP) is 1.98. The van der Waals surface area contributed by atoms with E-state index in [0.717, 1.165) is 0 Å². The Bertz CT molecular complexity index is 384. The maximum atomic E-state index is 12.6. The van der Waals surface area contributed by atoms with Crippen molar-refractivity contribution in [3.8, 4) is 6.07 Å².